The van der Waals surface area contributed by atoms with Gasteiger partial charge in [-0.25, -0.2) is 0 Å². The van der Waals surface area contributed by atoms with Gasteiger partial charge < -0.3 is 10.0 Å². The first-order valence-corrected chi connectivity index (χ1v) is 8.11. The number of halogens is 1. The molecule has 1 N–H and O–H groups in total. The SMILES string of the molecule is CCN(CC(C)(C)O)c1nnc(Cc2ccc(Cl)cc2)s1. The lowest BCUT2D eigenvalue weighted by Gasteiger charge is -2.27. The minimum absolute atomic E-state index is 0.541. The van der Waals surface area contributed by atoms with E-state index in [0.29, 0.717) is 6.54 Å². The van der Waals surface area contributed by atoms with Gasteiger partial charge >= 0.3 is 0 Å². The zero-order valence-electron chi connectivity index (χ0n) is 12.5. The summed E-state index contributed by atoms with van der Waals surface area (Å²) in [5.41, 5.74) is 0.408. The lowest BCUT2D eigenvalue weighted by atomic mass is 10.1. The number of rotatable bonds is 6. The van der Waals surface area contributed by atoms with Crippen LogP contribution in [0.15, 0.2) is 24.3 Å². The first-order chi connectivity index (χ1) is 9.87. The minimum atomic E-state index is -0.752. The van der Waals surface area contributed by atoms with Crippen LogP contribution in [0.2, 0.25) is 5.02 Å². The van der Waals surface area contributed by atoms with Crippen molar-refractivity contribution < 1.29 is 5.11 Å². The van der Waals surface area contributed by atoms with Gasteiger partial charge in [-0.05, 0) is 38.5 Å². The minimum Gasteiger partial charge on any atom is -0.389 e. The summed E-state index contributed by atoms with van der Waals surface area (Å²) in [5, 5.41) is 21.0. The van der Waals surface area contributed by atoms with Gasteiger partial charge in [0.05, 0.1) is 5.60 Å². The Labute approximate surface area is 134 Å². The number of hydrogen-bond acceptors (Lipinski definition) is 5. The fourth-order valence-corrected chi connectivity index (χ4v) is 3.06. The molecule has 0 radical (unpaired) electrons. The topological polar surface area (TPSA) is 49.2 Å². The van der Waals surface area contributed by atoms with Crippen LogP contribution in [0.3, 0.4) is 0 Å². The molecule has 0 bridgehead atoms. The van der Waals surface area contributed by atoms with Gasteiger partial charge in [-0.15, -0.1) is 10.2 Å². The van der Waals surface area contributed by atoms with Gasteiger partial charge in [-0.1, -0.05) is 35.1 Å². The van der Waals surface area contributed by atoms with Crippen molar-refractivity contribution in [3.05, 3.63) is 39.9 Å². The highest BCUT2D eigenvalue weighted by atomic mass is 35.5. The molecule has 1 aromatic heterocycles. The van der Waals surface area contributed by atoms with E-state index in [4.69, 9.17) is 11.6 Å². The highest BCUT2D eigenvalue weighted by molar-refractivity contribution is 7.15. The summed E-state index contributed by atoms with van der Waals surface area (Å²) >= 11 is 7.45. The van der Waals surface area contributed by atoms with Crippen molar-refractivity contribution in [1.29, 1.82) is 0 Å². The molecule has 6 heteroatoms. The Morgan fingerprint density at radius 1 is 1.24 bits per heavy atom. The fraction of sp³-hybridized carbons (Fsp3) is 0.467. The summed E-state index contributed by atoms with van der Waals surface area (Å²) in [6.45, 7) is 6.97. The molecule has 114 valence electrons. The number of aromatic nitrogens is 2. The summed E-state index contributed by atoms with van der Waals surface area (Å²) in [7, 11) is 0. The third kappa shape index (κ3) is 4.95. The van der Waals surface area contributed by atoms with Crippen molar-refractivity contribution in [2.45, 2.75) is 32.8 Å². The van der Waals surface area contributed by atoms with Crippen LogP contribution in [-0.2, 0) is 6.42 Å². The molecule has 0 spiro atoms. The summed E-state index contributed by atoms with van der Waals surface area (Å²) in [6, 6.07) is 7.76. The fourth-order valence-electron chi connectivity index (χ4n) is 2.00. The Morgan fingerprint density at radius 2 is 1.90 bits per heavy atom. The zero-order valence-corrected chi connectivity index (χ0v) is 14.1. The number of hydrogen-bond donors (Lipinski definition) is 1. The quantitative estimate of drug-likeness (QED) is 0.884. The number of likely N-dealkylation sites (N-methyl/N-ethyl adjacent to an activating group) is 1. The predicted octanol–water partition coefficient (Wildman–Crippen LogP) is 3.38. The van der Waals surface area contributed by atoms with Crippen LogP contribution >= 0.6 is 22.9 Å². The van der Waals surface area contributed by atoms with Crippen LogP contribution < -0.4 is 4.90 Å². The van der Waals surface area contributed by atoms with E-state index in [-0.39, 0.29) is 0 Å². The normalized spacial score (nSPS) is 11.7. The second-order valence-corrected chi connectivity index (χ2v) is 7.09. The van der Waals surface area contributed by atoms with E-state index in [1.54, 1.807) is 25.2 Å². The zero-order chi connectivity index (χ0) is 15.5. The van der Waals surface area contributed by atoms with E-state index in [1.165, 1.54) is 0 Å². The van der Waals surface area contributed by atoms with Crippen molar-refractivity contribution in [2.75, 3.05) is 18.0 Å². The second kappa shape index (κ2) is 6.73. The third-order valence-corrected chi connectivity index (χ3v) is 4.19. The maximum Gasteiger partial charge on any atom is 0.208 e. The molecule has 0 atom stereocenters. The van der Waals surface area contributed by atoms with Crippen LogP contribution in [0.5, 0.6) is 0 Å². The van der Waals surface area contributed by atoms with Crippen LogP contribution in [-0.4, -0.2) is 34.0 Å². The molecule has 0 saturated heterocycles. The van der Waals surface area contributed by atoms with Crippen molar-refractivity contribution in [1.82, 2.24) is 10.2 Å². The predicted molar refractivity (Wildman–Crippen MR) is 88.4 cm³/mol. The molecule has 0 amide bonds. The molecular formula is C15H20ClN3OS. The van der Waals surface area contributed by atoms with E-state index < -0.39 is 5.60 Å². The van der Waals surface area contributed by atoms with Crippen molar-refractivity contribution in [3.8, 4) is 0 Å². The molecule has 0 aliphatic heterocycles. The van der Waals surface area contributed by atoms with Gasteiger partial charge in [0.25, 0.3) is 0 Å². The molecule has 0 aliphatic carbocycles. The Kier molecular flexibility index (Phi) is 5.19. The van der Waals surface area contributed by atoms with Crippen LogP contribution in [0.4, 0.5) is 5.13 Å². The number of nitrogens with zero attached hydrogens (tertiary/aromatic N) is 3. The maximum atomic E-state index is 9.95. The lowest BCUT2D eigenvalue weighted by Crippen LogP contribution is -2.38. The van der Waals surface area contributed by atoms with E-state index in [0.717, 1.165) is 33.7 Å². The van der Waals surface area contributed by atoms with E-state index in [2.05, 4.69) is 10.2 Å². The Balaban J connectivity index is 2.08. The highest BCUT2D eigenvalue weighted by Gasteiger charge is 2.20. The monoisotopic (exact) mass is 325 g/mol. The molecule has 0 unspecified atom stereocenters. The standard InChI is InChI=1S/C15H20ClN3OS/c1-4-19(10-15(2,3)20)14-18-17-13(21-14)9-11-5-7-12(16)8-6-11/h5-8,20H,4,9-10H2,1-3H3. The van der Waals surface area contributed by atoms with Crippen molar-refractivity contribution >= 4 is 28.1 Å². The van der Waals surface area contributed by atoms with Crippen LogP contribution in [0.1, 0.15) is 31.3 Å². The van der Waals surface area contributed by atoms with Gasteiger partial charge in [-0.3, -0.25) is 0 Å². The van der Waals surface area contributed by atoms with Gasteiger partial charge in [0.1, 0.15) is 5.01 Å². The lowest BCUT2D eigenvalue weighted by molar-refractivity contribution is 0.0875. The van der Waals surface area contributed by atoms with Gasteiger partial charge in [0.2, 0.25) is 5.13 Å². The molecule has 21 heavy (non-hydrogen) atoms. The molecule has 1 aromatic carbocycles. The van der Waals surface area contributed by atoms with Crippen LogP contribution in [0, 0.1) is 0 Å². The molecule has 0 fully saturated rings. The number of benzene rings is 1. The summed E-state index contributed by atoms with van der Waals surface area (Å²) in [4.78, 5) is 2.04. The second-order valence-electron chi connectivity index (χ2n) is 5.61. The van der Waals surface area contributed by atoms with Crippen LogP contribution in [0.25, 0.3) is 0 Å². The smallest absolute Gasteiger partial charge is 0.208 e. The third-order valence-electron chi connectivity index (χ3n) is 2.95. The first kappa shape index (κ1) is 16.2. The van der Waals surface area contributed by atoms with E-state index >= 15 is 0 Å². The molecule has 0 saturated carbocycles. The molecular weight excluding hydrogens is 306 g/mol. The van der Waals surface area contributed by atoms with E-state index in [1.807, 2.05) is 36.1 Å². The van der Waals surface area contributed by atoms with Crippen molar-refractivity contribution in [3.63, 3.8) is 0 Å². The summed E-state index contributed by atoms with van der Waals surface area (Å²) in [6.07, 6.45) is 0.745. The first-order valence-electron chi connectivity index (χ1n) is 6.91. The molecule has 4 nitrogen and oxygen atoms in total. The largest absolute Gasteiger partial charge is 0.389 e. The Morgan fingerprint density at radius 3 is 2.48 bits per heavy atom. The van der Waals surface area contributed by atoms with Gasteiger partial charge in [-0.2, -0.15) is 0 Å². The van der Waals surface area contributed by atoms with Crippen molar-refractivity contribution in [2.24, 2.45) is 0 Å². The molecule has 2 aromatic rings. The Bertz CT molecular complexity index is 577. The number of aliphatic hydroxyl groups is 1. The molecule has 1 heterocycles. The molecule has 0 aliphatic rings. The summed E-state index contributed by atoms with van der Waals surface area (Å²) in [5.74, 6) is 0. The van der Waals surface area contributed by atoms with Gasteiger partial charge in [0.15, 0.2) is 0 Å². The average Bonchev–Trinajstić information content (AvgIpc) is 2.86. The Hall–Kier alpha value is -1.17. The highest BCUT2D eigenvalue weighted by Crippen LogP contribution is 2.24. The molecule has 2 rings (SSSR count). The average molecular weight is 326 g/mol. The van der Waals surface area contributed by atoms with E-state index in [9.17, 15) is 5.11 Å². The number of anilines is 1. The van der Waals surface area contributed by atoms with Gasteiger partial charge in [0, 0.05) is 24.5 Å². The maximum absolute atomic E-state index is 9.95. The summed E-state index contributed by atoms with van der Waals surface area (Å²) < 4.78 is 0.